The molecule has 1 aliphatic rings. The predicted octanol–water partition coefficient (Wildman–Crippen LogP) is 2.73. The summed E-state index contributed by atoms with van der Waals surface area (Å²) in [7, 11) is 0. The predicted molar refractivity (Wildman–Crippen MR) is 78.2 cm³/mol. The van der Waals surface area contributed by atoms with Crippen LogP contribution in [0.3, 0.4) is 0 Å². The molecular formula is C13H13BrClFN2O2. The lowest BCUT2D eigenvalue weighted by atomic mass is 9.98. The molecule has 1 saturated heterocycles. The Morgan fingerprint density at radius 3 is 2.65 bits per heavy atom. The van der Waals surface area contributed by atoms with Crippen LogP contribution in [0.15, 0.2) is 16.6 Å². The number of amides is 2. The van der Waals surface area contributed by atoms with Crippen LogP contribution >= 0.6 is 27.5 Å². The number of hydrogen-bond donors (Lipinski definition) is 1. The third-order valence-corrected chi connectivity index (χ3v) is 3.98. The standard InChI is InChI=1S/C13H13BrClFN2O2/c1-6(2)11-13(20)17-5-10(19)18(11)12-8(14)3-7(16)4-9(12)15/h3-4,6,11H,5H2,1-2H3,(H,17,20). The summed E-state index contributed by atoms with van der Waals surface area (Å²) in [5.41, 5.74) is 0.326. The van der Waals surface area contributed by atoms with Gasteiger partial charge in [0.2, 0.25) is 11.8 Å². The van der Waals surface area contributed by atoms with Gasteiger partial charge in [-0.1, -0.05) is 25.4 Å². The molecule has 1 aromatic rings. The molecule has 0 radical (unpaired) electrons. The van der Waals surface area contributed by atoms with Crippen molar-refractivity contribution >= 4 is 45.0 Å². The van der Waals surface area contributed by atoms with Gasteiger partial charge in [-0.25, -0.2) is 4.39 Å². The number of nitrogens with one attached hydrogen (secondary N) is 1. The maximum atomic E-state index is 13.3. The fraction of sp³-hybridized carbons (Fsp3) is 0.385. The van der Waals surface area contributed by atoms with E-state index in [1.165, 1.54) is 11.0 Å². The third-order valence-electron chi connectivity index (χ3n) is 3.08. The Balaban J connectivity index is 2.57. The number of benzene rings is 1. The average Bonchev–Trinajstić information content (AvgIpc) is 2.31. The number of hydrogen-bond acceptors (Lipinski definition) is 2. The maximum absolute atomic E-state index is 13.3. The summed E-state index contributed by atoms with van der Waals surface area (Å²) in [4.78, 5) is 25.5. The van der Waals surface area contributed by atoms with Gasteiger partial charge in [-0.15, -0.1) is 0 Å². The van der Waals surface area contributed by atoms with Crippen LogP contribution in [0.5, 0.6) is 0 Å². The van der Waals surface area contributed by atoms with E-state index in [0.29, 0.717) is 10.2 Å². The van der Waals surface area contributed by atoms with Gasteiger partial charge in [0.15, 0.2) is 0 Å². The van der Waals surface area contributed by atoms with Crippen molar-refractivity contribution < 1.29 is 14.0 Å². The minimum atomic E-state index is -0.671. The van der Waals surface area contributed by atoms with Gasteiger partial charge < -0.3 is 5.32 Å². The second-order valence-corrected chi connectivity index (χ2v) is 6.15. The molecule has 2 amide bonds. The molecule has 1 heterocycles. The molecule has 7 heteroatoms. The molecule has 0 bridgehead atoms. The molecule has 1 aromatic carbocycles. The molecule has 2 rings (SSSR count). The number of anilines is 1. The van der Waals surface area contributed by atoms with Gasteiger partial charge in [-0.05, 0) is 34.0 Å². The maximum Gasteiger partial charge on any atom is 0.247 e. The number of halogens is 3. The molecule has 0 spiro atoms. The largest absolute Gasteiger partial charge is 0.345 e. The molecule has 108 valence electrons. The van der Waals surface area contributed by atoms with Crippen molar-refractivity contribution in [1.82, 2.24) is 5.32 Å². The summed E-state index contributed by atoms with van der Waals surface area (Å²) in [6, 6.07) is 1.67. The SMILES string of the molecule is CC(C)C1C(=O)NCC(=O)N1c1c(Cl)cc(F)cc1Br. The molecule has 0 aromatic heterocycles. The first-order valence-electron chi connectivity index (χ1n) is 6.07. The van der Waals surface area contributed by atoms with Crippen LogP contribution < -0.4 is 10.2 Å². The minimum absolute atomic E-state index is 0.0885. The lowest BCUT2D eigenvalue weighted by Crippen LogP contribution is -2.60. The topological polar surface area (TPSA) is 49.4 Å². The fourth-order valence-corrected chi connectivity index (χ4v) is 3.29. The van der Waals surface area contributed by atoms with Crippen LogP contribution in [0.25, 0.3) is 0 Å². The Bertz CT molecular complexity index is 556. The number of nitrogens with zero attached hydrogens (tertiary/aromatic N) is 1. The van der Waals surface area contributed by atoms with Gasteiger partial charge in [0.05, 0.1) is 17.3 Å². The van der Waals surface area contributed by atoms with E-state index in [4.69, 9.17) is 11.6 Å². The zero-order chi connectivity index (χ0) is 15.0. The summed E-state index contributed by atoms with van der Waals surface area (Å²) < 4.78 is 13.7. The van der Waals surface area contributed by atoms with E-state index in [0.717, 1.165) is 6.07 Å². The Morgan fingerprint density at radius 1 is 1.45 bits per heavy atom. The lowest BCUT2D eigenvalue weighted by molar-refractivity contribution is -0.131. The summed E-state index contributed by atoms with van der Waals surface area (Å²) >= 11 is 9.26. The van der Waals surface area contributed by atoms with Gasteiger partial charge >= 0.3 is 0 Å². The van der Waals surface area contributed by atoms with Crippen molar-refractivity contribution in [2.45, 2.75) is 19.9 Å². The zero-order valence-electron chi connectivity index (χ0n) is 10.9. The Morgan fingerprint density at radius 2 is 2.10 bits per heavy atom. The highest BCUT2D eigenvalue weighted by Crippen LogP contribution is 2.37. The highest BCUT2D eigenvalue weighted by molar-refractivity contribution is 9.10. The van der Waals surface area contributed by atoms with Crippen molar-refractivity contribution in [3.63, 3.8) is 0 Å². The van der Waals surface area contributed by atoms with Crippen molar-refractivity contribution in [3.8, 4) is 0 Å². The molecule has 1 aliphatic heterocycles. The van der Waals surface area contributed by atoms with E-state index in [1.54, 1.807) is 0 Å². The van der Waals surface area contributed by atoms with Gasteiger partial charge in [0, 0.05) is 4.47 Å². The Hall–Kier alpha value is -1.14. The van der Waals surface area contributed by atoms with E-state index in [2.05, 4.69) is 21.2 Å². The van der Waals surface area contributed by atoms with Crippen molar-refractivity contribution in [1.29, 1.82) is 0 Å². The van der Waals surface area contributed by atoms with E-state index >= 15 is 0 Å². The fourth-order valence-electron chi connectivity index (χ4n) is 2.25. The molecule has 1 N–H and O–H groups in total. The number of carbonyl (C=O) groups is 2. The van der Waals surface area contributed by atoms with Crippen LogP contribution in [0.1, 0.15) is 13.8 Å². The molecule has 4 nitrogen and oxygen atoms in total. The highest BCUT2D eigenvalue weighted by Gasteiger charge is 2.39. The van der Waals surface area contributed by atoms with E-state index in [9.17, 15) is 14.0 Å². The first-order chi connectivity index (χ1) is 9.32. The first-order valence-corrected chi connectivity index (χ1v) is 7.24. The summed E-state index contributed by atoms with van der Waals surface area (Å²) in [6.07, 6.45) is 0. The number of rotatable bonds is 2. The first kappa shape index (κ1) is 15.3. The monoisotopic (exact) mass is 362 g/mol. The number of carbonyl (C=O) groups excluding carboxylic acids is 2. The molecule has 20 heavy (non-hydrogen) atoms. The van der Waals surface area contributed by atoms with Gasteiger partial charge in [-0.3, -0.25) is 14.5 Å². The zero-order valence-corrected chi connectivity index (χ0v) is 13.3. The highest BCUT2D eigenvalue weighted by atomic mass is 79.9. The van der Waals surface area contributed by atoms with E-state index in [1.807, 2.05) is 13.8 Å². The van der Waals surface area contributed by atoms with Crippen molar-refractivity contribution in [3.05, 3.63) is 27.4 Å². The lowest BCUT2D eigenvalue weighted by Gasteiger charge is -2.38. The van der Waals surface area contributed by atoms with Gasteiger partial charge in [-0.2, -0.15) is 0 Å². The second-order valence-electron chi connectivity index (χ2n) is 4.89. The third kappa shape index (κ3) is 2.67. The molecule has 0 saturated carbocycles. The van der Waals surface area contributed by atoms with Gasteiger partial charge in [0.25, 0.3) is 0 Å². The molecule has 1 unspecified atom stereocenters. The molecular weight excluding hydrogens is 351 g/mol. The second kappa shape index (κ2) is 5.69. The summed E-state index contributed by atoms with van der Waals surface area (Å²) in [5, 5.41) is 2.64. The van der Waals surface area contributed by atoms with E-state index in [-0.39, 0.29) is 29.3 Å². The Kier molecular flexibility index (Phi) is 4.34. The van der Waals surface area contributed by atoms with Crippen LogP contribution in [-0.2, 0) is 9.59 Å². The molecule has 1 fully saturated rings. The average molecular weight is 364 g/mol. The summed E-state index contributed by atoms with van der Waals surface area (Å²) in [5.74, 6) is -1.14. The van der Waals surface area contributed by atoms with Crippen molar-refractivity contribution in [2.24, 2.45) is 5.92 Å². The molecule has 0 aliphatic carbocycles. The van der Waals surface area contributed by atoms with Crippen LogP contribution in [-0.4, -0.2) is 24.4 Å². The van der Waals surface area contributed by atoms with Crippen LogP contribution in [0.2, 0.25) is 5.02 Å². The van der Waals surface area contributed by atoms with Crippen LogP contribution in [0.4, 0.5) is 10.1 Å². The normalized spacial score (nSPS) is 19.5. The number of piperazine rings is 1. The summed E-state index contributed by atoms with van der Waals surface area (Å²) in [6.45, 7) is 3.57. The van der Waals surface area contributed by atoms with Gasteiger partial charge in [0.1, 0.15) is 11.9 Å². The quantitative estimate of drug-likeness (QED) is 0.878. The minimum Gasteiger partial charge on any atom is -0.345 e. The Labute approximate surface area is 129 Å². The van der Waals surface area contributed by atoms with Crippen LogP contribution in [0, 0.1) is 11.7 Å². The van der Waals surface area contributed by atoms with E-state index < -0.39 is 11.9 Å². The smallest absolute Gasteiger partial charge is 0.247 e. The van der Waals surface area contributed by atoms with Crippen molar-refractivity contribution in [2.75, 3.05) is 11.4 Å². The molecule has 1 atom stereocenters.